The average Bonchev–Trinajstić information content (AvgIpc) is 2.56. The van der Waals surface area contributed by atoms with E-state index in [4.69, 9.17) is 10.5 Å². The minimum Gasteiger partial charge on any atom is -0.384 e. The maximum Gasteiger partial charge on any atom is 0.352 e. The Morgan fingerprint density at radius 2 is 2.26 bits per heavy atom. The van der Waals surface area contributed by atoms with E-state index in [1.807, 2.05) is 0 Å². The predicted octanol–water partition coefficient (Wildman–Crippen LogP) is 0.253. The van der Waals surface area contributed by atoms with Crippen LogP contribution in [0.4, 0.5) is 19.0 Å². The van der Waals surface area contributed by atoms with Crippen molar-refractivity contribution in [2.24, 2.45) is 0 Å². The summed E-state index contributed by atoms with van der Waals surface area (Å²) in [6.45, 7) is 0. The van der Waals surface area contributed by atoms with Gasteiger partial charge in [0, 0.05) is 5.33 Å². The topological polar surface area (TPSA) is 90.4 Å². The minimum absolute atomic E-state index is 0.0696. The zero-order chi connectivity index (χ0) is 14.4. The summed E-state index contributed by atoms with van der Waals surface area (Å²) in [7, 11) is 0. The van der Waals surface area contributed by atoms with Crippen molar-refractivity contribution in [3.8, 4) is 0 Å². The van der Waals surface area contributed by atoms with Gasteiger partial charge in [-0.1, -0.05) is 15.9 Å². The third-order valence-electron chi connectivity index (χ3n) is 2.72. The van der Waals surface area contributed by atoms with E-state index in [0.717, 1.165) is 0 Å². The van der Waals surface area contributed by atoms with E-state index < -0.39 is 41.7 Å². The molecule has 3 N–H and O–H groups in total. The molecule has 0 bridgehead atoms. The Hall–Kier alpha value is -1.13. The van der Waals surface area contributed by atoms with Crippen molar-refractivity contribution in [2.45, 2.75) is 24.4 Å². The molecular formula is C9H9BrF3N3O3. The Labute approximate surface area is 113 Å². The molecule has 10 heteroatoms. The third-order valence-corrected chi connectivity index (χ3v) is 3.36. The van der Waals surface area contributed by atoms with E-state index >= 15 is 0 Å². The largest absolute Gasteiger partial charge is 0.384 e. The zero-order valence-corrected chi connectivity index (χ0v) is 10.8. The molecule has 1 aromatic rings. The summed E-state index contributed by atoms with van der Waals surface area (Å²) in [4.78, 5) is 14.5. The van der Waals surface area contributed by atoms with Gasteiger partial charge in [-0.2, -0.15) is 13.8 Å². The van der Waals surface area contributed by atoms with E-state index in [9.17, 15) is 23.1 Å². The quantitative estimate of drug-likeness (QED) is 0.751. The van der Waals surface area contributed by atoms with Crippen LogP contribution in [0.5, 0.6) is 0 Å². The molecule has 0 radical (unpaired) electrons. The van der Waals surface area contributed by atoms with Crippen molar-refractivity contribution >= 4 is 21.7 Å². The summed E-state index contributed by atoms with van der Waals surface area (Å²) in [5.41, 5.74) is 3.86. The number of nitrogens with two attached hydrogens (primary N) is 1. The van der Waals surface area contributed by atoms with Gasteiger partial charge in [0.15, 0.2) is 11.6 Å². The number of alkyl halides is 3. The Morgan fingerprint density at radius 1 is 1.63 bits per heavy atom. The van der Waals surface area contributed by atoms with E-state index in [-0.39, 0.29) is 9.90 Å². The van der Waals surface area contributed by atoms with Gasteiger partial charge < -0.3 is 15.6 Å². The fraction of sp³-hybridized carbons (Fsp3) is 0.556. The molecule has 2 heterocycles. The molecule has 0 saturated carbocycles. The second kappa shape index (κ2) is 4.76. The van der Waals surface area contributed by atoms with Crippen LogP contribution < -0.4 is 11.4 Å². The molecule has 1 aliphatic rings. The molecule has 1 aliphatic heterocycles. The fourth-order valence-electron chi connectivity index (χ4n) is 1.72. The van der Waals surface area contributed by atoms with Gasteiger partial charge in [0.1, 0.15) is 12.2 Å². The van der Waals surface area contributed by atoms with E-state index in [1.54, 1.807) is 0 Å². The predicted molar refractivity (Wildman–Crippen MR) is 61.5 cm³/mol. The normalized spacial score (nSPS) is 29.6. The molecule has 1 fully saturated rings. The van der Waals surface area contributed by atoms with Crippen molar-refractivity contribution in [1.82, 2.24) is 9.55 Å². The molecule has 6 nitrogen and oxygen atoms in total. The van der Waals surface area contributed by atoms with Crippen molar-refractivity contribution in [2.75, 3.05) is 11.1 Å². The molecule has 0 unspecified atom stereocenters. The number of rotatable bonds is 2. The number of anilines is 1. The number of hydrogen-bond donors (Lipinski definition) is 2. The van der Waals surface area contributed by atoms with Crippen LogP contribution in [0.25, 0.3) is 0 Å². The van der Waals surface area contributed by atoms with E-state index in [1.165, 1.54) is 0 Å². The van der Waals surface area contributed by atoms with Crippen LogP contribution in [0.15, 0.2) is 11.0 Å². The van der Waals surface area contributed by atoms with Gasteiger partial charge in [0.2, 0.25) is 6.23 Å². The second-order valence-electron chi connectivity index (χ2n) is 3.96. The summed E-state index contributed by atoms with van der Waals surface area (Å²) < 4.78 is 46.0. The minimum atomic E-state index is -3.76. The van der Waals surface area contributed by atoms with Crippen LogP contribution in [0.1, 0.15) is 6.23 Å². The molecule has 1 saturated heterocycles. The number of aliphatic hydroxyl groups excluding tert-OH is 1. The van der Waals surface area contributed by atoms with Crippen molar-refractivity contribution in [1.29, 1.82) is 0 Å². The first-order valence-electron chi connectivity index (χ1n) is 5.10. The molecule has 0 amide bonds. The Morgan fingerprint density at radius 3 is 2.79 bits per heavy atom. The van der Waals surface area contributed by atoms with Crippen LogP contribution >= 0.6 is 15.9 Å². The maximum absolute atomic E-state index is 13.8. The molecule has 0 spiro atoms. The number of nitrogens with zero attached hydrogens (tertiary/aromatic N) is 2. The van der Waals surface area contributed by atoms with Gasteiger partial charge in [0.05, 0.1) is 6.20 Å². The monoisotopic (exact) mass is 343 g/mol. The first-order valence-corrected chi connectivity index (χ1v) is 6.22. The number of nitrogen functional groups attached to an aromatic ring is 1. The van der Waals surface area contributed by atoms with Crippen LogP contribution in [-0.4, -0.2) is 38.1 Å². The molecule has 0 aromatic carbocycles. The van der Waals surface area contributed by atoms with Gasteiger partial charge in [-0.25, -0.2) is 9.18 Å². The Kier molecular flexibility index (Phi) is 3.58. The lowest BCUT2D eigenvalue weighted by atomic mass is 10.1. The highest BCUT2D eigenvalue weighted by molar-refractivity contribution is 9.09. The van der Waals surface area contributed by atoms with Gasteiger partial charge in [-0.05, 0) is 0 Å². The number of aliphatic hydroxyl groups is 1. The second-order valence-corrected chi connectivity index (χ2v) is 4.61. The Bertz CT molecular complexity index is 553. The first kappa shape index (κ1) is 14.3. The summed E-state index contributed by atoms with van der Waals surface area (Å²) in [6.07, 6.45) is -5.01. The SMILES string of the molecule is Nc1nc(=O)n([C@@H]2O[C@H](CBr)[C@@H](O)C2(F)F)cc1F. The highest BCUT2D eigenvalue weighted by atomic mass is 79.9. The van der Waals surface area contributed by atoms with Crippen LogP contribution in [0.2, 0.25) is 0 Å². The number of aromatic nitrogens is 2. The van der Waals surface area contributed by atoms with Gasteiger partial charge in [-0.3, -0.25) is 4.57 Å². The Balaban J connectivity index is 2.48. The lowest BCUT2D eigenvalue weighted by Crippen LogP contribution is -2.41. The van der Waals surface area contributed by atoms with Crippen LogP contribution in [0, 0.1) is 5.82 Å². The zero-order valence-electron chi connectivity index (χ0n) is 9.26. The van der Waals surface area contributed by atoms with Gasteiger partial charge >= 0.3 is 11.6 Å². The summed E-state index contributed by atoms with van der Waals surface area (Å²) >= 11 is 2.90. The fourth-order valence-corrected chi connectivity index (χ4v) is 2.23. The van der Waals surface area contributed by atoms with Crippen LogP contribution in [0.3, 0.4) is 0 Å². The van der Waals surface area contributed by atoms with E-state index in [0.29, 0.717) is 6.20 Å². The summed E-state index contributed by atoms with van der Waals surface area (Å²) in [6, 6.07) is 0. The number of hydrogen-bond acceptors (Lipinski definition) is 5. The van der Waals surface area contributed by atoms with E-state index in [2.05, 4.69) is 20.9 Å². The maximum atomic E-state index is 13.8. The van der Waals surface area contributed by atoms with Crippen molar-refractivity contribution < 1.29 is 23.0 Å². The summed E-state index contributed by atoms with van der Waals surface area (Å²) in [5, 5.41) is 9.33. The molecular weight excluding hydrogens is 335 g/mol. The molecule has 0 aliphatic carbocycles. The third kappa shape index (κ3) is 2.23. The standard InChI is InChI=1S/C9H9BrF3N3O3/c10-1-4-5(17)9(12,13)7(19-4)16-2-3(11)6(14)15-8(16)18/h2,4-5,7,17H,1H2,(H2,14,15,18)/t4-,5-,7-/m1/s1. The highest BCUT2D eigenvalue weighted by Crippen LogP contribution is 2.42. The molecule has 106 valence electrons. The lowest BCUT2D eigenvalue weighted by Gasteiger charge is -2.21. The molecule has 19 heavy (non-hydrogen) atoms. The highest BCUT2D eigenvalue weighted by Gasteiger charge is 2.59. The number of halogens is 4. The average molecular weight is 344 g/mol. The van der Waals surface area contributed by atoms with Crippen LogP contribution in [-0.2, 0) is 4.74 Å². The molecule has 1 aromatic heterocycles. The number of ether oxygens (including phenoxy) is 1. The molecule has 2 rings (SSSR count). The first-order chi connectivity index (χ1) is 8.78. The van der Waals surface area contributed by atoms with Crippen molar-refractivity contribution in [3.63, 3.8) is 0 Å². The summed E-state index contributed by atoms with van der Waals surface area (Å²) in [5.74, 6) is -5.58. The van der Waals surface area contributed by atoms with Gasteiger partial charge in [0.25, 0.3) is 0 Å². The van der Waals surface area contributed by atoms with Gasteiger partial charge in [-0.15, -0.1) is 0 Å². The smallest absolute Gasteiger partial charge is 0.352 e. The molecule has 3 atom stereocenters. The van der Waals surface area contributed by atoms with Crippen molar-refractivity contribution in [3.05, 3.63) is 22.5 Å². The lowest BCUT2D eigenvalue weighted by molar-refractivity contribution is -0.140.